The second-order valence-corrected chi connectivity index (χ2v) is 3.71. The topological polar surface area (TPSA) is 33.3 Å². The van der Waals surface area contributed by atoms with Gasteiger partial charge >= 0.3 is 0 Å². The average Bonchev–Trinajstić information content (AvgIpc) is 2.09. The molecule has 1 aliphatic heterocycles. The van der Waals surface area contributed by atoms with Crippen LogP contribution in [0.25, 0.3) is 0 Å². The minimum atomic E-state index is 0.140. The zero-order chi connectivity index (χ0) is 8.81. The highest BCUT2D eigenvalue weighted by molar-refractivity contribution is 7.98. The average molecular weight is 188 g/mol. The summed E-state index contributed by atoms with van der Waals surface area (Å²) in [4.78, 5) is 0. The number of thioether (sulfide) groups is 1. The predicted octanol–water partition coefficient (Wildman–Crippen LogP) is 0.746. The van der Waals surface area contributed by atoms with Crippen LogP contribution in [0.1, 0.15) is 6.92 Å². The Kier molecular flexibility index (Phi) is 4.32. The summed E-state index contributed by atoms with van der Waals surface area (Å²) in [7, 11) is 0. The van der Waals surface area contributed by atoms with Crippen LogP contribution in [0.2, 0.25) is 0 Å². The summed E-state index contributed by atoms with van der Waals surface area (Å²) in [6, 6.07) is 0. The SMILES string of the molecule is CSCCOC1CNC(C)=CN1. The molecule has 12 heavy (non-hydrogen) atoms. The first-order valence-electron chi connectivity index (χ1n) is 4.10. The van der Waals surface area contributed by atoms with Crippen molar-refractivity contribution in [2.24, 2.45) is 0 Å². The molecule has 1 heterocycles. The van der Waals surface area contributed by atoms with E-state index in [1.54, 1.807) is 11.8 Å². The Morgan fingerprint density at radius 3 is 3.17 bits per heavy atom. The van der Waals surface area contributed by atoms with Gasteiger partial charge in [0, 0.05) is 17.6 Å². The van der Waals surface area contributed by atoms with Crippen molar-refractivity contribution < 1.29 is 4.74 Å². The first-order chi connectivity index (χ1) is 5.83. The third-order valence-electron chi connectivity index (χ3n) is 1.66. The van der Waals surface area contributed by atoms with Gasteiger partial charge in [-0.15, -0.1) is 0 Å². The number of nitrogens with one attached hydrogen (secondary N) is 2. The molecule has 0 bridgehead atoms. The summed E-state index contributed by atoms with van der Waals surface area (Å²) in [5.41, 5.74) is 1.17. The molecular formula is C8H16N2OS. The molecule has 4 heteroatoms. The molecule has 0 saturated heterocycles. The fraction of sp³-hybridized carbons (Fsp3) is 0.750. The van der Waals surface area contributed by atoms with Crippen molar-refractivity contribution in [1.29, 1.82) is 0 Å². The third-order valence-corrected chi connectivity index (χ3v) is 2.23. The van der Waals surface area contributed by atoms with Crippen LogP contribution in [0.15, 0.2) is 11.9 Å². The predicted molar refractivity (Wildman–Crippen MR) is 53.0 cm³/mol. The summed E-state index contributed by atoms with van der Waals surface area (Å²) in [6.45, 7) is 3.70. The monoisotopic (exact) mass is 188 g/mol. The molecule has 70 valence electrons. The molecule has 0 fully saturated rings. The number of allylic oxidation sites excluding steroid dienone is 1. The zero-order valence-electron chi connectivity index (χ0n) is 7.59. The third kappa shape index (κ3) is 3.36. The Balaban J connectivity index is 2.10. The van der Waals surface area contributed by atoms with Crippen molar-refractivity contribution in [1.82, 2.24) is 10.6 Å². The fourth-order valence-electron chi connectivity index (χ4n) is 0.962. The maximum Gasteiger partial charge on any atom is 0.144 e. The largest absolute Gasteiger partial charge is 0.383 e. The molecule has 0 aromatic heterocycles. The van der Waals surface area contributed by atoms with E-state index in [-0.39, 0.29) is 6.23 Å². The van der Waals surface area contributed by atoms with E-state index in [1.165, 1.54) is 5.70 Å². The lowest BCUT2D eigenvalue weighted by atomic mass is 10.4. The molecule has 1 aliphatic rings. The van der Waals surface area contributed by atoms with E-state index >= 15 is 0 Å². The van der Waals surface area contributed by atoms with E-state index in [4.69, 9.17) is 4.74 Å². The highest BCUT2D eigenvalue weighted by Gasteiger charge is 2.09. The van der Waals surface area contributed by atoms with Crippen LogP contribution in [0, 0.1) is 0 Å². The van der Waals surface area contributed by atoms with Crippen molar-refractivity contribution >= 4 is 11.8 Å². The molecule has 0 radical (unpaired) electrons. The van der Waals surface area contributed by atoms with Gasteiger partial charge in [0.25, 0.3) is 0 Å². The molecule has 0 aromatic rings. The van der Waals surface area contributed by atoms with Crippen LogP contribution >= 0.6 is 11.8 Å². The lowest BCUT2D eigenvalue weighted by Crippen LogP contribution is -2.42. The molecule has 2 N–H and O–H groups in total. The maximum atomic E-state index is 5.53. The first-order valence-corrected chi connectivity index (χ1v) is 5.49. The second-order valence-electron chi connectivity index (χ2n) is 2.73. The molecule has 0 spiro atoms. The van der Waals surface area contributed by atoms with Gasteiger partial charge in [-0.25, -0.2) is 0 Å². The fourth-order valence-corrected chi connectivity index (χ4v) is 1.23. The highest BCUT2D eigenvalue weighted by Crippen LogP contribution is 1.98. The summed E-state index contributed by atoms with van der Waals surface area (Å²) in [5.74, 6) is 1.06. The number of hydrogen-bond donors (Lipinski definition) is 2. The van der Waals surface area contributed by atoms with Gasteiger partial charge in [0.1, 0.15) is 6.23 Å². The van der Waals surface area contributed by atoms with Crippen LogP contribution in [0.3, 0.4) is 0 Å². The number of rotatable bonds is 4. The number of hydrogen-bond acceptors (Lipinski definition) is 4. The smallest absolute Gasteiger partial charge is 0.144 e. The van der Waals surface area contributed by atoms with Gasteiger partial charge in [-0.3, -0.25) is 0 Å². The van der Waals surface area contributed by atoms with Crippen molar-refractivity contribution in [3.63, 3.8) is 0 Å². The van der Waals surface area contributed by atoms with Crippen LogP contribution in [0.5, 0.6) is 0 Å². The van der Waals surface area contributed by atoms with E-state index < -0.39 is 0 Å². The summed E-state index contributed by atoms with van der Waals surface area (Å²) in [6.07, 6.45) is 4.17. The molecule has 0 aliphatic carbocycles. The quantitative estimate of drug-likeness (QED) is 0.638. The van der Waals surface area contributed by atoms with Crippen LogP contribution in [-0.4, -0.2) is 31.4 Å². The summed E-state index contributed by atoms with van der Waals surface area (Å²) >= 11 is 1.80. The van der Waals surface area contributed by atoms with Gasteiger partial charge in [0.15, 0.2) is 0 Å². The Hall–Kier alpha value is -0.350. The normalized spacial score (nSPS) is 22.5. The van der Waals surface area contributed by atoms with Gasteiger partial charge in [-0.2, -0.15) is 11.8 Å². The highest BCUT2D eigenvalue weighted by atomic mass is 32.2. The van der Waals surface area contributed by atoms with Crippen LogP contribution in [0.4, 0.5) is 0 Å². The maximum absolute atomic E-state index is 5.53. The van der Waals surface area contributed by atoms with Gasteiger partial charge in [-0.1, -0.05) is 0 Å². The van der Waals surface area contributed by atoms with Crippen molar-refractivity contribution in [2.45, 2.75) is 13.2 Å². The van der Waals surface area contributed by atoms with Crippen molar-refractivity contribution in [3.8, 4) is 0 Å². The minimum Gasteiger partial charge on any atom is -0.383 e. The lowest BCUT2D eigenvalue weighted by Gasteiger charge is -2.24. The first kappa shape index (κ1) is 9.74. The Labute approximate surface area is 77.9 Å². The minimum absolute atomic E-state index is 0.140. The Bertz CT molecular complexity index is 161. The molecular weight excluding hydrogens is 172 g/mol. The molecule has 0 amide bonds. The molecule has 0 saturated carbocycles. The summed E-state index contributed by atoms with van der Waals surface area (Å²) in [5, 5.41) is 6.40. The lowest BCUT2D eigenvalue weighted by molar-refractivity contribution is 0.0476. The van der Waals surface area contributed by atoms with Gasteiger partial charge in [0.2, 0.25) is 0 Å². The van der Waals surface area contributed by atoms with Crippen molar-refractivity contribution in [3.05, 3.63) is 11.9 Å². The van der Waals surface area contributed by atoms with Gasteiger partial charge < -0.3 is 15.4 Å². The van der Waals surface area contributed by atoms with Gasteiger partial charge in [-0.05, 0) is 13.2 Å². The van der Waals surface area contributed by atoms with Crippen LogP contribution < -0.4 is 10.6 Å². The summed E-state index contributed by atoms with van der Waals surface area (Å²) < 4.78 is 5.53. The van der Waals surface area contributed by atoms with E-state index in [2.05, 4.69) is 16.9 Å². The second kappa shape index (κ2) is 5.32. The van der Waals surface area contributed by atoms with Crippen molar-refractivity contribution in [2.75, 3.05) is 25.2 Å². The molecule has 1 atom stereocenters. The number of ether oxygens (including phenoxy) is 1. The zero-order valence-corrected chi connectivity index (χ0v) is 8.41. The van der Waals surface area contributed by atoms with E-state index in [0.29, 0.717) is 0 Å². The standard InChI is InChI=1S/C8H16N2OS/c1-7-5-10-8(6-9-7)11-3-4-12-2/h5,8-10H,3-4,6H2,1-2H3. The van der Waals surface area contributed by atoms with Gasteiger partial charge in [0.05, 0.1) is 13.2 Å². The van der Waals surface area contributed by atoms with Crippen LogP contribution in [-0.2, 0) is 4.74 Å². The molecule has 1 rings (SSSR count). The molecule has 1 unspecified atom stereocenters. The Morgan fingerprint density at radius 2 is 2.58 bits per heavy atom. The molecule has 3 nitrogen and oxygen atoms in total. The van der Waals surface area contributed by atoms with E-state index in [9.17, 15) is 0 Å². The van der Waals surface area contributed by atoms with E-state index in [1.807, 2.05) is 13.1 Å². The molecule has 0 aromatic carbocycles. The van der Waals surface area contributed by atoms with E-state index in [0.717, 1.165) is 18.9 Å². The Morgan fingerprint density at radius 1 is 1.75 bits per heavy atom.